The molecule has 2 N–H and O–H groups in total. The minimum atomic E-state index is -0.550. The number of aliphatic hydroxyl groups excluding tert-OH is 1. The van der Waals surface area contributed by atoms with Crippen LogP contribution < -0.4 is 5.32 Å². The minimum Gasteiger partial charge on any atom is -0.396 e. The van der Waals surface area contributed by atoms with Crippen molar-refractivity contribution in [1.29, 1.82) is 0 Å². The standard InChI is InChI=1S/C18H26N2O3/c1-3-18(13-21)9-11-20(12-10-18)17(23)14(2)19-16(22)15-7-5-4-6-8-15/h4-8,14,21H,3,9-13H2,1-2H3,(H,19,22). The van der Waals surface area contributed by atoms with Gasteiger partial charge in [0.2, 0.25) is 5.91 Å². The molecule has 23 heavy (non-hydrogen) atoms. The van der Waals surface area contributed by atoms with Gasteiger partial charge in [0.25, 0.3) is 5.91 Å². The highest BCUT2D eigenvalue weighted by atomic mass is 16.3. The fourth-order valence-corrected chi connectivity index (χ4v) is 3.03. The normalized spacial score (nSPS) is 18.3. The lowest BCUT2D eigenvalue weighted by molar-refractivity contribution is -0.135. The highest BCUT2D eigenvalue weighted by Crippen LogP contribution is 2.34. The molecule has 2 rings (SSSR count). The molecule has 1 atom stereocenters. The molecule has 1 aliphatic rings. The van der Waals surface area contributed by atoms with E-state index < -0.39 is 6.04 Å². The van der Waals surface area contributed by atoms with Crippen LogP contribution in [0.5, 0.6) is 0 Å². The van der Waals surface area contributed by atoms with Gasteiger partial charge in [0.1, 0.15) is 6.04 Å². The number of amides is 2. The molecule has 1 heterocycles. The van der Waals surface area contributed by atoms with Crippen molar-refractivity contribution in [3.63, 3.8) is 0 Å². The van der Waals surface area contributed by atoms with Gasteiger partial charge in [0.15, 0.2) is 0 Å². The summed E-state index contributed by atoms with van der Waals surface area (Å²) in [5.74, 6) is -0.293. The quantitative estimate of drug-likeness (QED) is 0.870. The monoisotopic (exact) mass is 318 g/mol. The Balaban J connectivity index is 1.90. The third kappa shape index (κ3) is 4.10. The van der Waals surface area contributed by atoms with Crippen LogP contribution in [0.3, 0.4) is 0 Å². The van der Waals surface area contributed by atoms with E-state index in [4.69, 9.17) is 0 Å². The average molecular weight is 318 g/mol. The molecule has 5 nitrogen and oxygen atoms in total. The molecule has 1 aliphatic heterocycles. The number of carbonyl (C=O) groups is 2. The Morgan fingerprint density at radius 2 is 1.87 bits per heavy atom. The van der Waals surface area contributed by atoms with E-state index in [9.17, 15) is 14.7 Å². The molecule has 0 spiro atoms. The molecular formula is C18H26N2O3. The largest absolute Gasteiger partial charge is 0.396 e. The third-order valence-corrected chi connectivity index (χ3v) is 4.98. The highest BCUT2D eigenvalue weighted by molar-refractivity contribution is 5.97. The Morgan fingerprint density at radius 3 is 2.39 bits per heavy atom. The van der Waals surface area contributed by atoms with Gasteiger partial charge >= 0.3 is 0 Å². The van der Waals surface area contributed by atoms with Gasteiger partial charge in [-0.15, -0.1) is 0 Å². The second-order valence-electron chi connectivity index (χ2n) is 6.40. The van der Waals surface area contributed by atoms with Crippen LogP contribution >= 0.6 is 0 Å². The average Bonchev–Trinajstić information content (AvgIpc) is 2.61. The van der Waals surface area contributed by atoms with Crippen molar-refractivity contribution in [1.82, 2.24) is 10.2 Å². The van der Waals surface area contributed by atoms with Gasteiger partial charge in [-0.2, -0.15) is 0 Å². The Hall–Kier alpha value is -1.88. The van der Waals surface area contributed by atoms with E-state index >= 15 is 0 Å². The van der Waals surface area contributed by atoms with Crippen molar-refractivity contribution in [3.8, 4) is 0 Å². The molecule has 0 aromatic heterocycles. The second-order valence-corrected chi connectivity index (χ2v) is 6.40. The number of carbonyl (C=O) groups excluding carboxylic acids is 2. The molecule has 0 radical (unpaired) electrons. The van der Waals surface area contributed by atoms with E-state index in [0.29, 0.717) is 18.7 Å². The first-order valence-corrected chi connectivity index (χ1v) is 8.27. The van der Waals surface area contributed by atoms with Gasteiger partial charge in [-0.25, -0.2) is 0 Å². The van der Waals surface area contributed by atoms with Crippen molar-refractivity contribution in [3.05, 3.63) is 35.9 Å². The molecule has 0 saturated carbocycles. The number of rotatable bonds is 5. The molecule has 1 aromatic rings. The van der Waals surface area contributed by atoms with Crippen LogP contribution in [0.2, 0.25) is 0 Å². The second kappa shape index (κ2) is 7.59. The Bertz CT molecular complexity index is 530. The molecule has 0 bridgehead atoms. The Morgan fingerprint density at radius 1 is 1.26 bits per heavy atom. The number of nitrogens with zero attached hydrogens (tertiary/aromatic N) is 1. The molecule has 1 fully saturated rings. The predicted molar refractivity (Wildman–Crippen MR) is 89.0 cm³/mol. The van der Waals surface area contributed by atoms with Gasteiger partial charge < -0.3 is 15.3 Å². The highest BCUT2D eigenvalue weighted by Gasteiger charge is 2.35. The van der Waals surface area contributed by atoms with Crippen LogP contribution in [0.15, 0.2) is 30.3 Å². The Kier molecular flexibility index (Phi) is 5.77. The topological polar surface area (TPSA) is 69.6 Å². The summed E-state index contributed by atoms with van der Waals surface area (Å²) < 4.78 is 0. The summed E-state index contributed by atoms with van der Waals surface area (Å²) in [6.07, 6.45) is 2.54. The summed E-state index contributed by atoms with van der Waals surface area (Å²) in [6, 6.07) is 8.34. The zero-order chi connectivity index (χ0) is 16.9. The van der Waals surface area contributed by atoms with E-state index in [1.54, 1.807) is 36.1 Å². The van der Waals surface area contributed by atoms with Gasteiger partial charge in [0.05, 0.1) is 0 Å². The maximum absolute atomic E-state index is 12.5. The molecule has 5 heteroatoms. The van der Waals surface area contributed by atoms with Gasteiger partial charge in [0, 0.05) is 25.3 Å². The molecule has 1 aromatic carbocycles. The van der Waals surface area contributed by atoms with Crippen molar-refractivity contribution in [2.24, 2.45) is 5.41 Å². The number of likely N-dealkylation sites (tertiary alicyclic amines) is 1. The summed E-state index contributed by atoms with van der Waals surface area (Å²) >= 11 is 0. The maximum Gasteiger partial charge on any atom is 0.251 e. The first kappa shape index (κ1) is 17.5. The molecular weight excluding hydrogens is 292 g/mol. The molecule has 2 amide bonds. The lowest BCUT2D eigenvalue weighted by Crippen LogP contribution is -2.51. The number of hydrogen-bond acceptors (Lipinski definition) is 3. The summed E-state index contributed by atoms with van der Waals surface area (Å²) in [7, 11) is 0. The van der Waals surface area contributed by atoms with Crippen molar-refractivity contribution >= 4 is 11.8 Å². The molecule has 1 unspecified atom stereocenters. The van der Waals surface area contributed by atoms with Gasteiger partial charge in [-0.3, -0.25) is 9.59 Å². The summed E-state index contributed by atoms with van der Waals surface area (Å²) in [6.45, 7) is 5.25. The first-order chi connectivity index (χ1) is 11.0. The SMILES string of the molecule is CCC1(CO)CCN(C(=O)C(C)NC(=O)c2ccccc2)CC1. The van der Waals surface area contributed by atoms with E-state index in [2.05, 4.69) is 12.2 Å². The number of aliphatic hydroxyl groups is 1. The maximum atomic E-state index is 12.5. The van der Waals surface area contributed by atoms with Crippen LogP contribution in [0.1, 0.15) is 43.5 Å². The predicted octanol–water partition coefficient (Wildman–Crippen LogP) is 1.82. The lowest BCUT2D eigenvalue weighted by Gasteiger charge is -2.41. The summed E-state index contributed by atoms with van der Waals surface area (Å²) in [5, 5.41) is 12.3. The number of piperidine rings is 1. The fraction of sp³-hybridized carbons (Fsp3) is 0.556. The van der Waals surface area contributed by atoms with Crippen LogP contribution in [-0.2, 0) is 4.79 Å². The van der Waals surface area contributed by atoms with Crippen LogP contribution in [0.4, 0.5) is 0 Å². The fourth-order valence-electron chi connectivity index (χ4n) is 3.03. The number of benzene rings is 1. The van der Waals surface area contributed by atoms with Crippen LogP contribution in [-0.4, -0.2) is 47.6 Å². The molecule has 1 saturated heterocycles. The van der Waals surface area contributed by atoms with Crippen LogP contribution in [0.25, 0.3) is 0 Å². The van der Waals surface area contributed by atoms with E-state index in [-0.39, 0.29) is 23.8 Å². The zero-order valence-corrected chi connectivity index (χ0v) is 13.9. The zero-order valence-electron chi connectivity index (χ0n) is 13.9. The van der Waals surface area contributed by atoms with E-state index in [0.717, 1.165) is 19.3 Å². The van der Waals surface area contributed by atoms with Crippen molar-refractivity contribution in [2.45, 2.75) is 39.2 Å². The summed E-state index contributed by atoms with van der Waals surface area (Å²) in [5.41, 5.74) is 0.504. The van der Waals surface area contributed by atoms with Gasteiger partial charge in [-0.1, -0.05) is 25.1 Å². The lowest BCUT2D eigenvalue weighted by atomic mass is 9.77. The Labute approximate surface area is 137 Å². The van der Waals surface area contributed by atoms with Crippen molar-refractivity contribution in [2.75, 3.05) is 19.7 Å². The number of nitrogens with one attached hydrogen (secondary N) is 1. The summed E-state index contributed by atoms with van der Waals surface area (Å²) in [4.78, 5) is 26.4. The van der Waals surface area contributed by atoms with Crippen LogP contribution in [0, 0.1) is 5.41 Å². The third-order valence-electron chi connectivity index (χ3n) is 4.98. The minimum absolute atomic E-state index is 0.0483. The molecule has 0 aliphatic carbocycles. The molecule has 126 valence electrons. The first-order valence-electron chi connectivity index (χ1n) is 8.27. The van der Waals surface area contributed by atoms with E-state index in [1.807, 2.05) is 6.07 Å². The number of hydrogen-bond donors (Lipinski definition) is 2. The smallest absolute Gasteiger partial charge is 0.251 e. The van der Waals surface area contributed by atoms with Crippen molar-refractivity contribution < 1.29 is 14.7 Å². The van der Waals surface area contributed by atoms with Gasteiger partial charge in [-0.05, 0) is 43.7 Å². The van der Waals surface area contributed by atoms with E-state index in [1.165, 1.54) is 0 Å².